The fourth-order valence-electron chi connectivity index (χ4n) is 1.46. The second-order valence-electron chi connectivity index (χ2n) is 3.21. The van der Waals surface area contributed by atoms with Gasteiger partial charge in [-0.1, -0.05) is 0 Å². The van der Waals surface area contributed by atoms with Crippen molar-refractivity contribution in [1.82, 2.24) is 0 Å². The molecule has 0 N–H and O–H groups in total. The lowest BCUT2D eigenvalue weighted by Gasteiger charge is -2.16. The van der Waals surface area contributed by atoms with Gasteiger partial charge in [0.25, 0.3) is 0 Å². The lowest BCUT2D eigenvalue weighted by atomic mass is 10.0. The Morgan fingerprint density at radius 3 is 2.31 bits per heavy atom. The Labute approximate surface area is 92.2 Å². The molecule has 1 aromatic rings. The Balaban J connectivity index is 3.45. The monoisotopic (exact) mass is 227 g/mol. The maximum atomic E-state index is 13.3. The number of ether oxygens (including phenoxy) is 2. The normalized spacial score (nSPS) is 10.8. The molecular formula is C11H11F2NO2. The van der Waals surface area contributed by atoms with Gasteiger partial charge in [0, 0.05) is 6.07 Å². The van der Waals surface area contributed by atoms with E-state index >= 15 is 0 Å². The van der Waals surface area contributed by atoms with Crippen LogP contribution in [0.25, 0.3) is 0 Å². The number of alkyl halides is 2. The van der Waals surface area contributed by atoms with Crippen molar-refractivity contribution in [1.29, 1.82) is 5.26 Å². The van der Waals surface area contributed by atoms with E-state index in [1.54, 1.807) is 0 Å². The van der Waals surface area contributed by atoms with Crippen molar-refractivity contribution in [2.45, 2.75) is 12.8 Å². The predicted octanol–water partition coefficient (Wildman–Crippen LogP) is 2.63. The topological polar surface area (TPSA) is 42.2 Å². The van der Waals surface area contributed by atoms with Crippen LogP contribution in [0, 0.1) is 18.3 Å². The molecule has 86 valence electrons. The number of hydrogen-bond donors (Lipinski definition) is 0. The average molecular weight is 227 g/mol. The van der Waals surface area contributed by atoms with Crippen LogP contribution >= 0.6 is 0 Å². The van der Waals surface area contributed by atoms with E-state index in [4.69, 9.17) is 14.7 Å². The Bertz CT molecular complexity index is 438. The minimum Gasteiger partial charge on any atom is -0.497 e. The van der Waals surface area contributed by atoms with E-state index in [1.807, 2.05) is 0 Å². The molecule has 0 heterocycles. The Hall–Kier alpha value is -1.83. The largest absolute Gasteiger partial charge is 0.497 e. The minimum absolute atomic E-state index is 0.0524. The maximum Gasteiger partial charge on any atom is 0.361 e. The Morgan fingerprint density at radius 1 is 1.25 bits per heavy atom. The lowest BCUT2D eigenvalue weighted by Crippen LogP contribution is -2.14. The zero-order chi connectivity index (χ0) is 12.3. The molecule has 1 rings (SSSR count). The van der Waals surface area contributed by atoms with Gasteiger partial charge in [-0.25, -0.2) is 0 Å². The van der Waals surface area contributed by atoms with Gasteiger partial charge in [0.2, 0.25) is 0 Å². The summed E-state index contributed by atoms with van der Waals surface area (Å²) in [7, 11) is 2.70. The third-order valence-electron chi connectivity index (χ3n) is 2.18. The zero-order valence-corrected chi connectivity index (χ0v) is 9.17. The summed E-state index contributed by atoms with van der Waals surface area (Å²) in [4.78, 5) is 0. The Kier molecular flexibility index (Phi) is 3.33. The lowest BCUT2D eigenvalue weighted by molar-refractivity contribution is 0.0576. The minimum atomic E-state index is -3.57. The molecule has 0 radical (unpaired) electrons. The van der Waals surface area contributed by atoms with E-state index in [1.165, 1.54) is 33.3 Å². The molecule has 0 spiro atoms. The number of benzene rings is 1. The van der Waals surface area contributed by atoms with Crippen molar-refractivity contribution in [2.75, 3.05) is 14.2 Å². The van der Waals surface area contributed by atoms with Crippen LogP contribution in [0.5, 0.6) is 11.5 Å². The molecule has 0 amide bonds. The maximum absolute atomic E-state index is 13.3. The number of nitriles is 1. The van der Waals surface area contributed by atoms with Gasteiger partial charge in [-0.2, -0.15) is 14.0 Å². The molecule has 0 aliphatic carbocycles. The summed E-state index contributed by atoms with van der Waals surface area (Å²) in [6.45, 7) is 1.48. The molecule has 0 aromatic heterocycles. The van der Waals surface area contributed by atoms with Gasteiger partial charge in [-0.05, 0) is 18.6 Å². The van der Waals surface area contributed by atoms with Gasteiger partial charge in [-0.3, -0.25) is 0 Å². The van der Waals surface area contributed by atoms with E-state index in [2.05, 4.69) is 0 Å². The van der Waals surface area contributed by atoms with Crippen LogP contribution < -0.4 is 9.47 Å². The highest BCUT2D eigenvalue weighted by Gasteiger charge is 2.36. The molecule has 0 saturated heterocycles. The summed E-state index contributed by atoms with van der Waals surface area (Å²) >= 11 is 0. The molecule has 3 nitrogen and oxygen atoms in total. The molecule has 0 unspecified atom stereocenters. The van der Waals surface area contributed by atoms with Crippen LogP contribution in [-0.4, -0.2) is 14.2 Å². The number of aryl methyl sites for hydroxylation is 1. The molecular weight excluding hydrogens is 216 g/mol. The third kappa shape index (κ3) is 2.06. The van der Waals surface area contributed by atoms with Gasteiger partial charge in [0.15, 0.2) is 0 Å². The SMILES string of the molecule is COc1cc(C)c(C(F)(F)C#N)c(OC)c1. The van der Waals surface area contributed by atoms with E-state index in [9.17, 15) is 8.78 Å². The molecule has 1 aromatic carbocycles. The number of halogens is 2. The van der Waals surface area contributed by atoms with Crippen LogP contribution in [0.15, 0.2) is 12.1 Å². The number of nitrogens with zero attached hydrogens (tertiary/aromatic N) is 1. The highest BCUT2D eigenvalue weighted by atomic mass is 19.3. The van der Waals surface area contributed by atoms with E-state index < -0.39 is 11.5 Å². The highest BCUT2D eigenvalue weighted by Crippen LogP contribution is 2.39. The first-order valence-electron chi connectivity index (χ1n) is 4.48. The fraction of sp³-hybridized carbons (Fsp3) is 0.364. The summed E-state index contributed by atoms with van der Waals surface area (Å²) in [5.74, 6) is -3.21. The molecule has 0 atom stereocenters. The summed E-state index contributed by atoms with van der Waals surface area (Å²) < 4.78 is 36.5. The van der Waals surface area contributed by atoms with Crippen LogP contribution in [-0.2, 0) is 5.92 Å². The first kappa shape index (κ1) is 12.2. The quantitative estimate of drug-likeness (QED) is 0.797. The van der Waals surface area contributed by atoms with Crippen LogP contribution in [0.1, 0.15) is 11.1 Å². The zero-order valence-electron chi connectivity index (χ0n) is 9.17. The van der Waals surface area contributed by atoms with E-state index in [0.717, 1.165) is 6.07 Å². The van der Waals surface area contributed by atoms with Crippen LogP contribution in [0.3, 0.4) is 0 Å². The summed E-state index contributed by atoms with van der Waals surface area (Å²) in [5.41, 5.74) is -0.166. The van der Waals surface area contributed by atoms with E-state index in [0.29, 0.717) is 5.75 Å². The van der Waals surface area contributed by atoms with E-state index in [-0.39, 0.29) is 11.3 Å². The number of methoxy groups -OCH3 is 2. The van der Waals surface area contributed by atoms with Gasteiger partial charge in [0.1, 0.15) is 17.6 Å². The molecule has 16 heavy (non-hydrogen) atoms. The van der Waals surface area contributed by atoms with Crippen molar-refractivity contribution in [3.8, 4) is 17.6 Å². The molecule has 0 fully saturated rings. The second-order valence-corrected chi connectivity index (χ2v) is 3.21. The third-order valence-corrected chi connectivity index (χ3v) is 2.18. The molecule has 0 aliphatic heterocycles. The molecule has 0 bridgehead atoms. The summed E-state index contributed by atoms with van der Waals surface area (Å²) in [6, 6.07) is 3.72. The van der Waals surface area contributed by atoms with Crippen molar-refractivity contribution in [3.63, 3.8) is 0 Å². The van der Waals surface area contributed by atoms with Gasteiger partial charge < -0.3 is 9.47 Å². The number of hydrogen-bond acceptors (Lipinski definition) is 3. The fourth-order valence-corrected chi connectivity index (χ4v) is 1.46. The molecule has 0 aliphatic rings. The first-order chi connectivity index (χ1) is 7.46. The van der Waals surface area contributed by atoms with Crippen LogP contribution in [0.4, 0.5) is 8.78 Å². The first-order valence-corrected chi connectivity index (χ1v) is 4.48. The molecule has 5 heteroatoms. The summed E-state index contributed by atoms with van der Waals surface area (Å²) in [5, 5.41) is 8.43. The van der Waals surface area contributed by atoms with Gasteiger partial charge in [0.05, 0.1) is 19.8 Å². The van der Waals surface area contributed by atoms with Crippen LogP contribution in [0.2, 0.25) is 0 Å². The standard InChI is InChI=1S/C11H11F2NO2/c1-7-4-8(15-2)5-9(16-3)10(7)11(12,13)6-14/h4-5H,1-3H3. The van der Waals surface area contributed by atoms with Crippen molar-refractivity contribution in [2.24, 2.45) is 0 Å². The number of rotatable bonds is 3. The van der Waals surface area contributed by atoms with Gasteiger partial charge >= 0.3 is 5.92 Å². The Morgan fingerprint density at radius 2 is 1.88 bits per heavy atom. The van der Waals surface area contributed by atoms with Gasteiger partial charge in [-0.15, -0.1) is 0 Å². The van der Waals surface area contributed by atoms with Crippen molar-refractivity contribution in [3.05, 3.63) is 23.3 Å². The van der Waals surface area contributed by atoms with Crippen molar-refractivity contribution < 1.29 is 18.3 Å². The highest BCUT2D eigenvalue weighted by molar-refractivity contribution is 5.50. The second kappa shape index (κ2) is 4.35. The van der Waals surface area contributed by atoms with Crippen molar-refractivity contribution >= 4 is 0 Å². The molecule has 0 saturated carbocycles. The summed E-state index contributed by atoms with van der Waals surface area (Å²) in [6.07, 6.45) is 0. The smallest absolute Gasteiger partial charge is 0.361 e. The predicted molar refractivity (Wildman–Crippen MR) is 53.8 cm³/mol. The average Bonchev–Trinajstić information content (AvgIpc) is 2.27.